The topological polar surface area (TPSA) is 0 Å². The molecule has 20 heavy (non-hydrogen) atoms. The lowest BCUT2D eigenvalue weighted by molar-refractivity contribution is 0.0415. The van der Waals surface area contributed by atoms with Gasteiger partial charge in [-0.05, 0) is 54.4 Å². The average Bonchev–Trinajstić information content (AvgIpc) is 2.41. The van der Waals surface area contributed by atoms with E-state index in [9.17, 15) is 0 Å². The molecule has 1 fully saturated rings. The number of hydrogen-bond donors (Lipinski definition) is 0. The lowest BCUT2D eigenvalue weighted by Gasteiger charge is -2.47. The Bertz CT molecular complexity index is 427. The summed E-state index contributed by atoms with van der Waals surface area (Å²) in [6.07, 6.45) is 8.49. The van der Waals surface area contributed by atoms with Crippen molar-refractivity contribution in [1.82, 2.24) is 0 Å². The second-order valence-electron chi connectivity index (χ2n) is 7.37. The van der Waals surface area contributed by atoms with E-state index < -0.39 is 0 Å². The van der Waals surface area contributed by atoms with Crippen molar-refractivity contribution >= 4 is 11.8 Å². The summed E-state index contributed by atoms with van der Waals surface area (Å²) in [5, 5.41) is 0. The third-order valence-electron chi connectivity index (χ3n) is 5.67. The van der Waals surface area contributed by atoms with Crippen molar-refractivity contribution in [3.8, 4) is 0 Å². The van der Waals surface area contributed by atoms with E-state index in [1.54, 1.807) is 0 Å². The second-order valence-corrected chi connectivity index (χ2v) is 8.51. The highest BCUT2D eigenvalue weighted by Gasteiger charge is 2.40. The van der Waals surface area contributed by atoms with Crippen LogP contribution in [0.3, 0.4) is 0 Å². The van der Waals surface area contributed by atoms with Crippen LogP contribution >= 0.6 is 11.8 Å². The van der Waals surface area contributed by atoms with E-state index in [-0.39, 0.29) is 0 Å². The quantitative estimate of drug-likeness (QED) is 0.560. The van der Waals surface area contributed by atoms with Gasteiger partial charge in [0.1, 0.15) is 0 Å². The zero-order chi connectivity index (χ0) is 14.6. The van der Waals surface area contributed by atoms with Crippen LogP contribution in [-0.2, 0) is 0 Å². The first kappa shape index (κ1) is 15.9. The van der Waals surface area contributed by atoms with Crippen LogP contribution in [0.1, 0.15) is 64.9 Å². The van der Waals surface area contributed by atoms with Gasteiger partial charge in [-0.15, -0.1) is 11.8 Å². The van der Waals surface area contributed by atoms with E-state index in [0.29, 0.717) is 10.8 Å². The molecule has 0 N–H and O–H groups in total. The average molecular weight is 291 g/mol. The highest BCUT2D eigenvalue weighted by atomic mass is 32.2. The fourth-order valence-electron chi connectivity index (χ4n) is 3.45. The summed E-state index contributed by atoms with van der Waals surface area (Å²) in [4.78, 5) is 1.46. The zero-order valence-electron chi connectivity index (χ0n) is 13.7. The molecule has 0 aromatic heterocycles. The van der Waals surface area contributed by atoms with Gasteiger partial charge in [0.15, 0.2) is 0 Å². The van der Waals surface area contributed by atoms with Gasteiger partial charge in [-0.25, -0.2) is 0 Å². The molecule has 0 unspecified atom stereocenters. The first-order valence-corrected chi connectivity index (χ1v) is 9.12. The molecule has 0 radical (unpaired) electrons. The van der Waals surface area contributed by atoms with Gasteiger partial charge in [0, 0.05) is 4.90 Å². The molecule has 1 aliphatic carbocycles. The third-order valence-corrected chi connectivity index (χ3v) is 6.85. The molecule has 0 saturated heterocycles. The summed E-state index contributed by atoms with van der Waals surface area (Å²) in [6.45, 7) is 9.74. The van der Waals surface area contributed by atoms with Gasteiger partial charge in [-0.1, -0.05) is 58.2 Å². The summed E-state index contributed by atoms with van der Waals surface area (Å²) in [6, 6.07) is 8.76. The molecule has 0 nitrogen and oxygen atoms in total. The van der Waals surface area contributed by atoms with Crippen molar-refractivity contribution in [2.75, 3.05) is 5.75 Å². The molecule has 0 spiro atoms. The molecule has 0 heterocycles. The molecule has 0 atom stereocenters. The third kappa shape index (κ3) is 3.61. The first-order valence-electron chi connectivity index (χ1n) is 8.13. The van der Waals surface area contributed by atoms with E-state index in [1.165, 1.54) is 54.7 Å². The zero-order valence-corrected chi connectivity index (χ0v) is 14.5. The molecule has 1 saturated carbocycles. The Morgan fingerprint density at radius 2 is 1.75 bits per heavy atom. The maximum absolute atomic E-state index is 2.53. The summed E-state index contributed by atoms with van der Waals surface area (Å²) < 4.78 is 0. The van der Waals surface area contributed by atoms with E-state index in [1.807, 2.05) is 11.8 Å². The van der Waals surface area contributed by atoms with Crippen molar-refractivity contribution in [2.24, 2.45) is 10.8 Å². The van der Waals surface area contributed by atoms with Crippen molar-refractivity contribution < 1.29 is 0 Å². The van der Waals surface area contributed by atoms with Gasteiger partial charge in [0.25, 0.3) is 0 Å². The Kier molecular flexibility index (Phi) is 5.23. The van der Waals surface area contributed by atoms with Crippen LogP contribution in [0.4, 0.5) is 0 Å². The molecule has 1 heteroatoms. The minimum absolute atomic E-state index is 0.461. The molecule has 112 valence electrons. The SMILES string of the molecule is Cc1ccccc1SCCC(C)(C)C1(C)CCCCC1. The van der Waals surface area contributed by atoms with Gasteiger partial charge in [-0.2, -0.15) is 0 Å². The predicted octanol–water partition coefficient (Wildman–Crippen LogP) is 6.47. The first-order chi connectivity index (χ1) is 9.45. The minimum Gasteiger partial charge on any atom is -0.126 e. The lowest BCUT2D eigenvalue weighted by atomic mass is 9.59. The second kappa shape index (κ2) is 6.56. The molecule has 2 rings (SSSR count). The van der Waals surface area contributed by atoms with Crippen LogP contribution in [-0.4, -0.2) is 5.75 Å². The summed E-state index contributed by atoms with van der Waals surface area (Å²) in [5.41, 5.74) is 2.43. The molecular formula is C19H30S. The smallest absolute Gasteiger partial charge is 0.0101 e. The van der Waals surface area contributed by atoms with Crippen LogP contribution in [0.15, 0.2) is 29.2 Å². The molecule has 0 aliphatic heterocycles. The van der Waals surface area contributed by atoms with Crippen LogP contribution < -0.4 is 0 Å². The van der Waals surface area contributed by atoms with E-state index >= 15 is 0 Å². The Morgan fingerprint density at radius 1 is 1.10 bits per heavy atom. The van der Waals surface area contributed by atoms with E-state index in [2.05, 4.69) is 52.0 Å². The number of hydrogen-bond acceptors (Lipinski definition) is 1. The number of aryl methyl sites for hydroxylation is 1. The maximum atomic E-state index is 2.53. The van der Waals surface area contributed by atoms with Crippen LogP contribution in [0.25, 0.3) is 0 Å². The summed E-state index contributed by atoms with van der Waals surface area (Å²) in [5.74, 6) is 1.24. The molecule has 0 amide bonds. The predicted molar refractivity (Wildman–Crippen MR) is 91.5 cm³/mol. The number of benzene rings is 1. The fourth-order valence-corrected chi connectivity index (χ4v) is 4.75. The Labute approximate surface area is 129 Å². The maximum Gasteiger partial charge on any atom is 0.0101 e. The van der Waals surface area contributed by atoms with E-state index in [0.717, 1.165) is 0 Å². The highest BCUT2D eigenvalue weighted by Crippen LogP contribution is 2.51. The Balaban J connectivity index is 1.90. The van der Waals surface area contributed by atoms with Crippen molar-refractivity contribution in [3.05, 3.63) is 29.8 Å². The Hall–Kier alpha value is -0.430. The summed E-state index contributed by atoms with van der Waals surface area (Å²) >= 11 is 2.04. The van der Waals surface area contributed by atoms with Gasteiger partial charge in [-0.3, -0.25) is 0 Å². The highest BCUT2D eigenvalue weighted by molar-refractivity contribution is 7.99. The van der Waals surface area contributed by atoms with Gasteiger partial charge >= 0.3 is 0 Å². The standard InChI is InChI=1S/C19H30S/c1-16-10-6-7-11-17(16)20-15-14-18(2,3)19(4)12-8-5-9-13-19/h6-7,10-11H,5,8-9,12-15H2,1-4H3. The van der Waals surface area contributed by atoms with Gasteiger partial charge in [0.05, 0.1) is 0 Å². The van der Waals surface area contributed by atoms with E-state index in [4.69, 9.17) is 0 Å². The Morgan fingerprint density at radius 3 is 2.40 bits per heavy atom. The number of thioether (sulfide) groups is 1. The normalized spacial score (nSPS) is 19.0. The van der Waals surface area contributed by atoms with Crippen molar-refractivity contribution in [3.63, 3.8) is 0 Å². The van der Waals surface area contributed by atoms with Gasteiger partial charge < -0.3 is 0 Å². The monoisotopic (exact) mass is 290 g/mol. The molecular weight excluding hydrogens is 260 g/mol. The fraction of sp³-hybridized carbons (Fsp3) is 0.684. The van der Waals surface area contributed by atoms with Crippen molar-refractivity contribution in [1.29, 1.82) is 0 Å². The molecule has 1 aromatic carbocycles. The lowest BCUT2D eigenvalue weighted by Crippen LogP contribution is -2.37. The molecule has 0 bridgehead atoms. The summed E-state index contributed by atoms with van der Waals surface area (Å²) in [7, 11) is 0. The van der Waals surface area contributed by atoms with Crippen LogP contribution in [0.5, 0.6) is 0 Å². The van der Waals surface area contributed by atoms with Crippen molar-refractivity contribution in [2.45, 2.75) is 71.1 Å². The minimum atomic E-state index is 0.461. The van der Waals surface area contributed by atoms with Gasteiger partial charge in [0.2, 0.25) is 0 Å². The van der Waals surface area contributed by atoms with Crippen LogP contribution in [0.2, 0.25) is 0 Å². The van der Waals surface area contributed by atoms with Crippen LogP contribution in [0, 0.1) is 17.8 Å². The molecule has 1 aromatic rings. The number of rotatable bonds is 5. The largest absolute Gasteiger partial charge is 0.126 e. The molecule has 1 aliphatic rings.